The number of hydrogen-bond acceptors (Lipinski definition) is 16. The molecule has 7 rings (SSSR count). The summed E-state index contributed by atoms with van der Waals surface area (Å²) < 4.78 is 28.3. The maximum Gasteiger partial charge on any atom is 0.524 e. The normalized spacial score (nSPS) is 17.1. The Morgan fingerprint density at radius 2 is 1.37 bits per heavy atom. The smallest absolute Gasteiger partial charge is 0.508 e. The van der Waals surface area contributed by atoms with Crippen molar-refractivity contribution in [1.82, 2.24) is 31.9 Å². The number of amides is 7. The van der Waals surface area contributed by atoms with E-state index in [0.29, 0.717) is 60.2 Å². The number of aliphatic hydroxyl groups excluding tert-OH is 1. The van der Waals surface area contributed by atoms with Crippen molar-refractivity contribution < 1.29 is 82.0 Å². The van der Waals surface area contributed by atoms with Crippen molar-refractivity contribution in [2.75, 3.05) is 25.0 Å². The van der Waals surface area contributed by atoms with Crippen LogP contribution in [0.5, 0.6) is 28.7 Å². The van der Waals surface area contributed by atoms with Gasteiger partial charge in [0, 0.05) is 59.8 Å². The first-order valence-electron chi connectivity index (χ1n) is 26.1. The molecule has 2 heterocycles. The molecule has 3 aliphatic rings. The van der Waals surface area contributed by atoms with Crippen molar-refractivity contribution in [3.05, 3.63) is 107 Å². The third-order valence-corrected chi connectivity index (χ3v) is 14.7. The molecule has 28 heteroatoms. The molecule has 16 N–H and O–H groups in total. The summed E-state index contributed by atoms with van der Waals surface area (Å²) in [5.74, 6) is -6.91. The number of primary amides is 2. The predicted octanol–water partition coefficient (Wildman–Crippen LogP) is 1.32. The minimum absolute atomic E-state index is 0.0597. The second-order valence-electron chi connectivity index (χ2n) is 20.5. The monoisotopic (exact) mass is 1170 g/mol. The van der Waals surface area contributed by atoms with Gasteiger partial charge in [0.05, 0.1) is 18.7 Å². The van der Waals surface area contributed by atoms with Gasteiger partial charge in [-0.05, 0) is 117 Å². The quantitative estimate of drug-likeness (QED) is 0.0267. The Bertz CT molecular complexity index is 3120. The average molecular weight is 1170 g/mol. The Labute approximate surface area is 475 Å². The molecule has 1 spiro atoms. The Morgan fingerprint density at radius 3 is 1.95 bits per heavy atom. The highest BCUT2D eigenvalue weighted by atomic mass is 32.1. The summed E-state index contributed by atoms with van der Waals surface area (Å²) >= 11 is 5.64. The number of esters is 1. The molecule has 0 bridgehead atoms. The van der Waals surface area contributed by atoms with Crippen LogP contribution in [0.3, 0.4) is 0 Å². The molecule has 0 aromatic heterocycles. The summed E-state index contributed by atoms with van der Waals surface area (Å²) in [6.45, 7) is 2.43. The van der Waals surface area contributed by atoms with E-state index in [-0.39, 0.29) is 70.5 Å². The third-order valence-electron chi connectivity index (χ3n) is 14.0. The summed E-state index contributed by atoms with van der Waals surface area (Å²) in [5.41, 5.74) is 11.8. The number of carbonyl (C=O) groups is 8. The Morgan fingerprint density at radius 1 is 0.756 bits per heavy atom. The van der Waals surface area contributed by atoms with E-state index in [2.05, 4.69) is 41.7 Å². The number of phenolic OH excluding ortho intramolecular Hbond substituents is 2. The maximum absolute atomic E-state index is 14.2. The highest BCUT2D eigenvalue weighted by Crippen LogP contribution is 2.57. The van der Waals surface area contributed by atoms with Gasteiger partial charge < -0.3 is 78.0 Å². The van der Waals surface area contributed by atoms with E-state index in [1.807, 2.05) is 0 Å². The van der Waals surface area contributed by atoms with E-state index in [9.17, 15) is 68.0 Å². The molecule has 7 amide bonds. The van der Waals surface area contributed by atoms with Crippen molar-refractivity contribution in [3.63, 3.8) is 0 Å². The minimum Gasteiger partial charge on any atom is -0.508 e. The predicted molar refractivity (Wildman–Crippen MR) is 295 cm³/mol. The molecule has 26 nitrogen and oxygen atoms in total. The number of phosphoric acid groups is 1. The number of phenols is 2. The highest BCUT2D eigenvalue weighted by Gasteiger charge is 2.54. The van der Waals surface area contributed by atoms with Gasteiger partial charge in [-0.15, -0.1) is 0 Å². The molecular weight excluding hydrogens is 1110 g/mol. The Balaban J connectivity index is 0.967. The topological polar surface area (TPSA) is 419 Å². The zero-order valence-corrected chi connectivity index (χ0v) is 46.2. The van der Waals surface area contributed by atoms with Gasteiger partial charge in [0.2, 0.25) is 41.4 Å². The van der Waals surface area contributed by atoms with Crippen LogP contribution in [0.4, 0.5) is 5.69 Å². The van der Waals surface area contributed by atoms with Crippen molar-refractivity contribution in [3.8, 4) is 28.7 Å². The Kier molecular flexibility index (Phi) is 19.8. The first-order chi connectivity index (χ1) is 38.8. The number of fused-ring (bicyclic) bond motifs is 6. The van der Waals surface area contributed by atoms with Crippen molar-refractivity contribution >= 4 is 78.2 Å². The number of ether oxygens (including phenoxy) is 2. The number of rotatable bonds is 24. The lowest BCUT2D eigenvalue weighted by Crippen LogP contribution is -2.57. The molecule has 4 aromatic carbocycles. The van der Waals surface area contributed by atoms with Crippen LogP contribution in [-0.4, -0.2) is 121 Å². The molecule has 1 saturated carbocycles. The summed E-state index contributed by atoms with van der Waals surface area (Å²) in [5, 5.41) is 49.0. The third kappa shape index (κ3) is 15.5. The number of nitrogens with two attached hydrogens (primary N) is 2. The molecule has 1 fully saturated rings. The number of phosphoric ester groups is 1. The molecule has 0 radical (unpaired) electrons. The van der Waals surface area contributed by atoms with E-state index in [1.54, 1.807) is 44.2 Å². The number of aromatic hydroxyl groups is 2. The fourth-order valence-corrected chi connectivity index (χ4v) is 10.5. The van der Waals surface area contributed by atoms with Gasteiger partial charge in [-0.3, -0.25) is 43.3 Å². The number of nitrogens with one attached hydrogen (secondary N) is 7. The zero-order chi connectivity index (χ0) is 59.6. The molecule has 4 atom stereocenters. The number of aliphatic hydroxyl groups is 1. The van der Waals surface area contributed by atoms with E-state index in [4.69, 9.17) is 33.2 Å². The summed E-state index contributed by atoms with van der Waals surface area (Å²) in [7, 11) is -4.91. The lowest BCUT2D eigenvalue weighted by atomic mass is 9.77. The van der Waals surface area contributed by atoms with Crippen LogP contribution < -0.4 is 57.9 Å². The lowest BCUT2D eigenvalue weighted by Gasteiger charge is -2.36. The second kappa shape index (κ2) is 26.5. The highest BCUT2D eigenvalue weighted by molar-refractivity contribution is 7.80. The van der Waals surface area contributed by atoms with Crippen molar-refractivity contribution in [2.45, 2.75) is 95.0 Å². The average Bonchev–Trinajstić information content (AvgIpc) is 2.37. The Hall–Kier alpha value is -8.36. The second-order valence-corrected chi connectivity index (χ2v) is 22.1. The number of carbonyl (C=O) groups excluding carboxylic acids is 8. The van der Waals surface area contributed by atoms with E-state index in [1.165, 1.54) is 48.5 Å². The van der Waals surface area contributed by atoms with Gasteiger partial charge in [-0.2, -0.15) is 0 Å². The van der Waals surface area contributed by atoms with Gasteiger partial charge in [0.25, 0.3) is 0 Å². The van der Waals surface area contributed by atoms with Gasteiger partial charge in [0.15, 0.2) is 10.7 Å². The van der Waals surface area contributed by atoms with Gasteiger partial charge in [-0.1, -0.05) is 32.0 Å². The number of hydrogen-bond donors (Lipinski definition) is 14. The molecule has 1 aliphatic carbocycles. The number of thiocarbonyl (C=S) groups is 1. The SMILES string of the molecule is CC(C)C[C@H](NC(=O)CNC(=O)[C@H](CCC(N)=O)NC(=O)[C@H](Cc1ccc(OP(=O)(O)O)cc1)NC(=O)C1CCC(CNC(=S)Nc2ccc3c(c2)C(=O)OC32c3ccc(O)cc3Oc3cc(O)ccc32)CC1)C(=O)N[C@@H](CO)C(N)=O. The number of benzene rings is 4. The first-order valence-corrected chi connectivity index (χ1v) is 28.0. The van der Waals surface area contributed by atoms with Crippen LogP contribution in [0.1, 0.15) is 91.4 Å². The lowest BCUT2D eigenvalue weighted by molar-refractivity contribution is -0.134. The van der Waals surface area contributed by atoms with Crippen LogP contribution >= 0.6 is 20.0 Å². The molecule has 82 heavy (non-hydrogen) atoms. The first kappa shape index (κ1) is 61.3. The molecule has 0 saturated heterocycles. The molecule has 438 valence electrons. The van der Waals surface area contributed by atoms with Crippen LogP contribution in [0.15, 0.2) is 78.9 Å². The van der Waals surface area contributed by atoms with Crippen LogP contribution in [0, 0.1) is 17.8 Å². The van der Waals surface area contributed by atoms with Crippen molar-refractivity contribution in [2.24, 2.45) is 29.2 Å². The van der Waals surface area contributed by atoms with Gasteiger partial charge >= 0.3 is 13.8 Å². The van der Waals surface area contributed by atoms with E-state index in [0.717, 1.165) is 0 Å². The van der Waals surface area contributed by atoms with Gasteiger partial charge in [-0.25, -0.2) is 9.36 Å². The zero-order valence-electron chi connectivity index (χ0n) is 44.5. The van der Waals surface area contributed by atoms with Crippen molar-refractivity contribution in [1.29, 1.82) is 0 Å². The van der Waals surface area contributed by atoms with E-state index < -0.39 is 110 Å². The molecule has 4 aromatic rings. The maximum atomic E-state index is 14.2. The number of anilines is 1. The largest absolute Gasteiger partial charge is 0.524 e. The standard InChI is InChI=1S/C54H64N9O17PS/c1-27(2)19-40(50(72)63-42(26-64)47(56)69)60-46(68)25-57-49(71)39(17-18-45(55)67)61-51(73)41(20-28-5-12-34(13-6-28)80-81(75,76)77)62-48(70)30-7-3-29(4-8-30)24-58-53(82)59-31-9-14-36-35(21-31)52(74)79-54(36)37-15-10-32(65)22-43(37)78-44-23-33(66)11-16-38(44)54/h5-6,9-16,21-23,27,29-30,39-42,64-66H,3-4,7-8,17-20,24-26H2,1-2H3,(H2,55,67)(H2,56,69)(H,57,71)(H,60,68)(H,61,73)(H,62,70)(H,63,72)(H2,58,59,82)(H2,75,76,77)/t29?,30?,39-,40-,41-,42-/m0/s1. The molecular formula is C54H64N9O17PS. The fourth-order valence-electron chi connectivity index (χ4n) is 9.93. The molecule has 0 unspecified atom stereocenters. The van der Waals surface area contributed by atoms with Crippen LogP contribution in [0.25, 0.3) is 0 Å². The van der Waals surface area contributed by atoms with E-state index >= 15 is 0 Å². The fraction of sp³-hybridized carbons (Fsp3) is 0.389. The summed E-state index contributed by atoms with van der Waals surface area (Å²) in [6.07, 6.45) is 1.13. The molecule has 2 aliphatic heterocycles. The summed E-state index contributed by atoms with van der Waals surface area (Å²) in [4.78, 5) is 124. The van der Waals surface area contributed by atoms with Gasteiger partial charge in [0.1, 0.15) is 52.9 Å². The summed E-state index contributed by atoms with van der Waals surface area (Å²) in [6, 6.07) is 13.9. The minimum atomic E-state index is -4.91. The van der Waals surface area contributed by atoms with Crippen LogP contribution in [-0.2, 0) is 54.9 Å². The van der Waals surface area contributed by atoms with Crippen LogP contribution in [0.2, 0.25) is 0 Å².